The minimum absolute atomic E-state index is 0.167. The number of benzene rings is 1. The Hall–Kier alpha value is -0.930. The van der Waals surface area contributed by atoms with Gasteiger partial charge in [-0.1, -0.05) is 26.0 Å². The van der Waals surface area contributed by atoms with Crippen LogP contribution in [0.4, 0.5) is 4.39 Å². The first kappa shape index (κ1) is 16.1. The quantitative estimate of drug-likeness (QED) is 0.779. The third-order valence-corrected chi connectivity index (χ3v) is 3.24. The first-order valence-corrected chi connectivity index (χ1v) is 7.11. The molecule has 1 rings (SSSR count). The molecule has 0 aromatic heterocycles. The average Bonchev–Trinajstić information content (AvgIpc) is 2.34. The maximum absolute atomic E-state index is 13.1. The van der Waals surface area contributed by atoms with Crippen LogP contribution in [0.2, 0.25) is 0 Å². The van der Waals surface area contributed by atoms with E-state index in [0.717, 1.165) is 25.2 Å². The zero-order valence-corrected chi connectivity index (χ0v) is 12.4. The van der Waals surface area contributed by atoms with E-state index in [1.807, 2.05) is 13.0 Å². The average molecular weight is 267 g/mol. The van der Waals surface area contributed by atoms with E-state index in [1.165, 1.54) is 6.07 Å². The summed E-state index contributed by atoms with van der Waals surface area (Å²) in [5.41, 5.74) is 1.03. The Morgan fingerprint density at radius 3 is 2.58 bits per heavy atom. The van der Waals surface area contributed by atoms with Gasteiger partial charge in [0.05, 0.1) is 6.61 Å². The zero-order chi connectivity index (χ0) is 14.3. The predicted octanol–water partition coefficient (Wildman–Crippen LogP) is 3.41. The Morgan fingerprint density at radius 2 is 2.00 bits per heavy atom. The van der Waals surface area contributed by atoms with Gasteiger partial charge in [0.2, 0.25) is 0 Å². The SMILES string of the molecule is CCOCC(NC(C)Cc1cccc(F)c1)C(C)C. The minimum atomic E-state index is -0.167. The van der Waals surface area contributed by atoms with Crippen LogP contribution in [0.25, 0.3) is 0 Å². The summed E-state index contributed by atoms with van der Waals surface area (Å²) in [7, 11) is 0. The smallest absolute Gasteiger partial charge is 0.123 e. The van der Waals surface area contributed by atoms with Gasteiger partial charge < -0.3 is 10.1 Å². The lowest BCUT2D eigenvalue weighted by molar-refractivity contribution is 0.104. The summed E-state index contributed by atoms with van der Waals surface area (Å²) in [5.74, 6) is 0.348. The molecule has 108 valence electrons. The van der Waals surface area contributed by atoms with E-state index >= 15 is 0 Å². The standard InChI is InChI=1S/C16H26FNO/c1-5-19-11-16(12(2)3)18-13(4)9-14-7-6-8-15(17)10-14/h6-8,10,12-13,16,18H,5,9,11H2,1-4H3. The molecule has 19 heavy (non-hydrogen) atoms. The van der Waals surface area contributed by atoms with Crippen molar-refractivity contribution in [2.24, 2.45) is 5.92 Å². The van der Waals surface area contributed by atoms with E-state index in [4.69, 9.17) is 4.74 Å². The molecule has 3 heteroatoms. The van der Waals surface area contributed by atoms with Crippen molar-refractivity contribution in [3.8, 4) is 0 Å². The summed E-state index contributed by atoms with van der Waals surface area (Å²) in [6.07, 6.45) is 0.826. The van der Waals surface area contributed by atoms with Crippen LogP contribution in [-0.4, -0.2) is 25.3 Å². The molecule has 2 unspecified atom stereocenters. The highest BCUT2D eigenvalue weighted by molar-refractivity contribution is 5.17. The second-order valence-electron chi connectivity index (χ2n) is 5.41. The molecule has 0 saturated carbocycles. The van der Waals surface area contributed by atoms with Crippen LogP contribution in [-0.2, 0) is 11.2 Å². The van der Waals surface area contributed by atoms with E-state index in [9.17, 15) is 4.39 Å². The molecule has 0 fully saturated rings. The number of nitrogens with one attached hydrogen (secondary N) is 1. The molecule has 1 aromatic rings. The molecule has 0 heterocycles. The fraction of sp³-hybridized carbons (Fsp3) is 0.625. The van der Waals surface area contributed by atoms with E-state index in [1.54, 1.807) is 12.1 Å². The number of ether oxygens (including phenoxy) is 1. The molecule has 1 aromatic carbocycles. The Bertz CT molecular complexity index is 368. The van der Waals surface area contributed by atoms with Crippen LogP contribution in [0.5, 0.6) is 0 Å². The van der Waals surface area contributed by atoms with Gasteiger partial charge in [-0.3, -0.25) is 0 Å². The maximum Gasteiger partial charge on any atom is 0.123 e. The molecule has 0 amide bonds. The molecule has 1 N–H and O–H groups in total. The lowest BCUT2D eigenvalue weighted by atomic mass is 10.0. The summed E-state index contributed by atoms with van der Waals surface area (Å²) in [6.45, 7) is 9.97. The third-order valence-electron chi connectivity index (χ3n) is 3.24. The summed E-state index contributed by atoms with van der Waals surface area (Å²) < 4.78 is 18.6. The van der Waals surface area contributed by atoms with Crippen molar-refractivity contribution >= 4 is 0 Å². The Morgan fingerprint density at radius 1 is 1.26 bits per heavy atom. The fourth-order valence-electron chi connectivity index (χ4n) is 2.12. The normalized spacial score (nSPS) is 14.6. The molecule has 2 atom stereocenters. The first-order chi connectivity index (χ1) is 9.02. The van der Waals surface area contributed by atoms with Crippen molar-refractivity contribution in [1.82, 2.24) is 5.32 Å². The molecule has 0 radical (unpaired) electrons. The number of hydrogen-bond acceptors (Lipinski definition) is 2. The second-order valence-corrected chi connectivity index (χ2v) is 5.41. The topological polar surface area (TPSA) is 21.3 Å². The fourth-order valence-corrected chi connectivity index (χ4v) is 2.12. The van der Waals surface area contributed by atoms with Gasteiger partial charge in [-0.15, -0.1) is 0 Å². The van der Waals surface area contributed by atoms with Gasteiger partial charge in [-0.25, -0.2) is 4.39 Å². The Kier molecular flexibility index (Phi) is 7.03. The van der Waals surface area contributed by atoms with E-state index in [2.05, 4.69) is 26.1 Å². The van der Waals surface area contributed by atoms with Crippen LogP contribution in [0.3, 0.4) is 0 Å². The summed E-state index contributed by atoms with van der Waals surface area (Å²) in [6, 6.07) is 7.45. The van der Waals surface area contributed by atoms with Gasteiger partial charge in [0.25, 0.3) is 0 Å². The highest BCUT2D eigenvalue weighted by atomic mass is 19.1. The van der Waals surface area contributed by atoms with E-state index in [-0.39, 0.29) is 5.82 Å². The minimum Gasteiger partial charge on any atom is -0.380 e. The van der Waals surface area contributed by atoms with Crippen molar-refractivity contribution in [3.63, 3.8) is 0 Å². The van der Waals surface area contributed by atoms with Crippen LogP contribution in [0, 0.1) is 11.7 Å². The number of hydrogen-bond donors (Lipinski definition) is 1. The molecule has 0 aliphatic carbocycles. The van der Waals surface area contributed by atoms with Gasteiger partial charge in [-0.2, -0.15) is 0 Å². The molecule has 0 aliphatic heterocycles. The van der Waals surface area contributed by atoms with Crippen LogP contribution in [0.15, 0.2) is 24.3 Å². The monoisotopic (exact) mass is 267 g/mol. The van der Waals surface area contributed by atoms with Crippen LogP contribution >= 0.6 is 0 Å². The van der Waals surface area contributed by atoms with Gasteiger partial charge >= 0.3 is 0 Å². The van der Waals surface area contributed by atoms with E-state index < -0.39 is 0 Å². The molecule has 0 aliphatic rings. The molecular weight excluding hydrogens is 241 g/mol. The van der Waals surface area contributed by atoms with Crippen LogP contribution < -0.4 is 5.32 Å². The zero-order valence-electron chi connectivity index (χ0n) is 12.4. The van der Waals surface area contributed by atoms with E-state index in [0.29, 0.717) is 18.0 Å². The molecule has 0 spiro atoms. The predicted molar refractivity (Wildman–Crippen MR) is 77.8 cm³/mol. The first-order valence-electron chi connectivity index (χ1n) is 7.11. The van der Waals surface area contributed by atoms with Gasteiger partial charge in [-0.05, 0) is 43.9 Å². The van der Waals surface area contributed by atoms with Crippen LogP contribution in [0.1, 0.15) is 33.3 Å². The summed E-state index contributed by atoms with van der Waals surface area (Å²) in [5, 5.41) is 3.57. The highest BCUT2D eigenvalue weighted by Crippen LogP contribution is 2.09. The maximum atomic E-state index is 13.1. The molecule has 2 nitrogen and oxygen atoms in total. The van der Waals surface area contributed by atoms with Crippen molar-refractivity contribution in [3.05, 3.63) is 35.6 Å². The van der Waals surface area contributed by atoms with Crippen molar-refractivity contribution in [1.29, 1.82) is 0 Å². The van der Waals surface area contributed by atoms with Crippen molar-refractivity contribution in [2.45, 2.75) is 46.2 Å². The molecule has 0 bridgehead atoms. The Labute approximate surface area is 116 Å². The highest BCUT2D eigenvalue weighted by Gasteiger charge is 2.16. The summed E-state index contributed by atoms with van der Waals surface area (Å²) in [4.78, 5) is 0. The largest absolute Gasteiger partial charge is 0.380 e. The van der Waals surface area contributed by atoms with Gasteiger partial charge in [0.1, 0.15) is 5.82 Å². The Balaban J connectivity index is 2.50. The van der Waals surface area contributed by atoms with Crippen molar-refractivity contribution < 1.29 is 9.13 Å². The number of halogens is 1. The summed E-state index contributed by atoms with van der Waals surface area (Å²) >= 11 is 0. The molecule has 0 saturated heterocycles. The molecular formula is C16H26FNO. The lowest BCUT2D eigenvalue weighted by Gasteiger charge is -2.26. The van der Waals surface area contributed by atoms with Gasteiger partial charge in [0.15, 0.2) is 0 Å². The third kappa shape index (κ3) is 6.17. The second kappa shape index (κ2) is 8.28. The van der Waals surface area contributed by atoms with Crippen molar-refractivity contribution in [2.75, 3.05) is 13.2 Å². The van der Waals surface area contributed by atoms with Gasteiger partial charge in [0, 0.05) is 18.7 Å². The number of rotatable bonds is 8. The lowest BCUT2D eigenvalue weighted by Crippen LogP contribution is -2.44.